The predicted octanol–water partition coefficient (Wildman–Crippen LogP) is 1.75. The van der Waals surface area contributed by atoms with Crippen molar-refractivity contribution in [3.63, 3.8) is 0 Å². The number of benzene rings is 1. The second-order valence-corrected chi connectivity index (χ2v) is 3.92. The number of esters is 1. The fourth-order valence-corrected chi connectivity index (χ4v) is 1.86. The van der Waals surface area contributed by atoms with Crippen molar-refractivity contribution in [3.8, 4) is 0 Å². The highest BCUT2D eigenvalue weighted by Crippen LogP contribution is 2.25. The molecule has 3 heteroatoms. The lowest BCUT2D eigenvalue weighted by Gasteiger charge is -2.40. The lowest BCUT2D eigenvalue weighted by atomic mass is 10.1. The molecule has 0 unspecified atom stereocenters. The number of nitrogens with zero attached hydrogens (tertiary/aromatic N) is 1. The number of carbonyl (C=O) groups excluding carboxylic acids is 1. The molecule has 2 rings (SSSR count). The van der Waals surface area contributed by atoms with Gasteiger partial charge in [0.2, 0.25) is 0 Å². The van der Waals surface area contributed by atoms with Crippen LogP contribution in [0.3, 0.4) is 0 Å². The fraction of sp³-hybridized carbons (Fsp3) is 0.417. The molecule has 1 saturated heterocycles. The molecule has 80 valence electrons. The Balaban J connectivity index is 1.95. The van der Waals surface area contributed by atoms with Gasteiger partial charge in [-0.15, -0.1) is 0 Å². The van der Waals surface area contributed by atoms with Gasteiger partial charge in [0.25, 0.3) is 0 Å². The molecule has 0 aromatic heterocycles. The van der Waals surface area contributed by atoms with Gasteiger partial charge in [-0.2, -0.15) is 0 Å². The molecule has 0 spiro atoms. The highest BCUT2D eigenvalue weighted by Gasteiger charge is 2.29. The molecule has 0 N–H and O–H groups in total. The first-order chi connectivity index (χ1) is 7.16. The van der Waals surface area contributed by atoms with E-state index in [-0.39, 0.29) is 12.1 Å². The summed E-state index contributed by atoms with van der Waals surface area (Å²) < 4.78 is 5.10. The van der Waals surface area contributed by atoms with Crippen LogP contribution in [0.15, 0.2) is 24.3 Å². The van der Waals surface area contributed by atoms with Crippen molar-refractivity contribution in [2.75, 3.05) is 18.0 Å². The van der Waals surface area contributed by atoms with Gasteiger partial charge in [-0.25, -0.2) is 0 Å². The predicted molar refractivity (Wildman–Crippen MR) is 58.9 cm³/mol. The second kappa shape index (κ2) is 3.93. The van der Waals surface area contributed by atoms with Crippen molar-refractivity contribution >= 4 is 11.7 Å². The van der Waals surface area contributed by atoms with E-state index in [4.69, 9.17) is 4.74 Å². The largest absolute Gasteiger partial charge is 0.459 e. The summed E-state index contributed by atoms with van der Waals surface area (Å²) in [7, 11) is 0. The van der Waals surface area contributed by atoms with Gasteiger partial charge >= 0.3 is 5.97 Å². The minimum absolute atomic E-state index is 0.0714. The Hall–Kier alpha value is -1.51. The van der Waals surface area contributed by atoms with Gasteiger partial charge in [0, 0.05) is 12.6 Å². The van der Waals surface area contributed by atoms with Gasteiger partial charge in [0.05, 0.1) is 13.1 Å². The Morgan fingerprint density at radius 3 is 2.67 bits per heavy atom. The molecular weight excluding hydrogens is 190 g/mol. The lowest BCUT2D eigenvalue weighted by Crippen LogP contribution is -2.53. The van der Waals surface area contributed by atoms with E-state index >= 15 is 0 Å². The van der Waals surface area contributed by atoms with E-state index in [0.29, 0.717) is 0 Å². The fourth-order valence-electron chi connectivity index (χ4n) is 1.86. The summed E-state index contributed by atoms with van der Waals surface area (Å²) >= 11 is 0. The van der Waals surface area contributed by atoms with Crippen LogP contribution in [0.25, 0.3) is 0 Å². The summed E-state index contributed by atoms with van der Waals surface area (Å²) in [6, 6.07) is 8.25. The Kier molecular flexibility index (Phi) is 2.62. The molecule has 15 heavy (non-hydrogen) atoms. The van der Waals surface area contributed by atoms with E-state index in [1.54, 1.807) is 0 Å². The van der Waals surface area contributed by atoms with Crippen LogP contribution in [0.2, 0.25) is 0 Å². The first kappa shape index (κ1) is 10.0. The van der Waals surface area contributed by atoms with E-state index in [0.717, 1.165) is 13.1 Å². The molecule has 0 atom stereocenters. The quantitative estimate of drug-likeness (QED) is 0.689. The maximum atomic E-state index is 10.7. The Bertz CT molecular complexity index is 370. The Morgan fingerprint density at radius 2 is 2.07 bits per heavy atom. The molecule has 1 aromatic rings. The number of aryl methyl sites for hydroxylation is 1. The third-order valence-electron chi connectivity index (χ3n) is 2.64. The van der Waals surface area contributed by atoms with Gasteiger partial charge in [-0.1, -0.05) is 18.2 Å². The molecule has 0 saturated carbocycles. The van der Waals surface area contributed by atoms with Crippen LogP contribution in [0.1, 0.15) is 12.5 Å². The van der Waals surface area contributed by atoms with Crippen LogP contribution in [-0.2, 0) is 9.53 Å². The minimum Gasteiger partial charge on any atom is -0.459 e. The molecule has 1 aromatic carbocycles. The average molecular weight is 205 g/mol. The summed E-state index contributed by atoms with van der Waals surface area (Å²) in [5, 5.41) is 0. The molecule has 1 fully saturated rings. The van der Waals surface area contributed by atoms with E-state index in [1.165, 1.54) is 18.2 Å². The number of hydrogen-bond donors (Lipinski definition) is 0. The van der Waals surface area contributed by atoms with Crippen LogP contribution in [-0.4, -0.2) is 25.2 Å². The molecule has 1 aliphatic rings. The zero-order valence-electron chi connectivity index (χ0n) is 9.06. The zero-order valence-corrected chi connectivity index (χ0v) is 9.06. The van der Waals surface area contributed by atoms with Crippen molar-refractivity contribution in [2.24, 2.45) is 0 Å². The standard InChI is InChI=1S/C12H15NO2/c1-9-5-3-4-6-12(9)13-7-11(8-13)15-10(2)14/h3-6,11H,7-8H2,1-2H3. The van der Waals surface area contributed by atoms with Gasteiger partial charge in [0.1, 0.15) is 6.10 Å². The summed E-state index contributed by atoms with van der Waals surface area (Å²) in [5.74, 6) is -0.190. The number of para-hydroxylation sites is 1. The smallest absolute Gasteiger partial charge is 0.303 e. The third kappa shape index (κ3) is 2.12. The summed E-state index contributed by atoms with van der Waals surface area (Å²) in [6.07, 6.45) is 0.0714. The van der Waals surface area contributed by atoms with Crippen molar-refractivity contribution in [3.05, 3.63) is 29.8 Å². The molecule has 0 amide bonds. The van der Waals surface area contributed by atoms with Crippen LogP contribution in [0.4, 0.5) is 5.69 Å². The Morgan fingerprint density at radius 1 is 1.40 bits per heavy atom. The topological polar surface area (TPSA) is 29.5 Å². The van der Waals surface area contributed by atoms with E-state index in [2.05, 4.69) is 24.0 Å². The molecule has 1 heterocycles. The average Bonchev–Trinajstić information content (AvgIpc) is 2.12. The number of carbonyl (C=O) groups is 1. The number of hydrogen-bond acceptors (Lipinski definition) is 3. The maximum absolute atomic E-state index is 10.7. The van der Waals surface area contributed by atoms with Crippen molar-refractivity contribution in [1.82, 2.24) is 0 Å². The summed E-state index contributed by atoms with van der Waals surface area (Å²) in [5.41, 5.74) is 2.50. The Labute approximate surface area is 89.7 Å². The molecule has 0 bridgehead atoms. The van der Waals surface area contributed by atoms with Crippen molar-refractivity contribution in [1.29, 1.82) is 0 Å². The molecule has 3 nitrogen and oxygen atoms in total. The van der Waals surface area contributed by atoms with Crippen LogP contribution in [0, 0.1) is 6.92 Å². The van der Waals surface area contributed by atoms with E-state index < -0.39 is 0 Å². The van der Waals surface area contributed by atoms with E-state index in [1.807, 2.05) is 12.1 Å². The first-order valence-electron chi connectivity index (χ1n) is 5.14. The highest BCUT2D eigenvalue weighted by molar-refractivity contribution is 5.67. The molecular formula is C12H15NO2. The normalized spacial score (nSPS) is 16.0. The van der Waals surface area contributed by atoms with Gasteiger partial charge in [-0.05, 0) is 18.6 Å². The monoisotopic (exact) mass is 205 g/mol. The summed E-state index contributed by atoms with van der Waals surface area (Å²) in [6.45, 7) is 5.17. The highest BCUT2D eigenvalue weighted by atomic mass is 16.5. The van der Waals surface area contributed by atoms with Crippen LogP contribution < -0.4 is 4.90 Å². The molecule has 0 radical (unpaired) electrons. The SMILES string of the molecule is CC(=O)OC1CN(c2ccccc2C)C1. The van der Waals surface area contributed by atoms with Gasteiger partial charge < -0.3 is 9.64 Å². The molecule has 0 aliphatic carbocycles. The number of ether oxygens (including phenoxy) is 1. The number of rotatable bonds is 2. The minimum atomic E-state index is -0.190. The maximum Gasteiger partial charge on any atom is 0.303 e. The third-order valence-corrected chi connectivity index (χ3v) is 2.64. The van der Waals surface area contributed by atoms with Crippen molar-refractivity contribution < 1.29 is 9.53 Å². The lowest BCUT2D eigenvalue weighted by molar-refractivity contribution is -0.147. The zero-order chi connectivity index (χ0) is 10.8. The number of anilines is 1. The van der Waals surface area contributed by atoms with Crippen LogP contribution in [0.5, 0.6) is 0 Å². The van der Waals surface area contributed by atoms with Crippen LogP contribution >= 0.6 is 0 Å². The van der Waals surface area contributed by atoms with E-state index in [9.17, 15) is 4.79 Å². The first-order valence-corrected chi connectivity index (χ1v) is 5.14. The summed E-state index contributed by atoms with van der Waals surface area (Å²) in [4.78, 5) is 12.9. The van der Waals surface area contributed by atoms with Gasteiger partial charge in [-0.3, -0.25) is 4.79 Å². The molecule has 1 aliphatic heterocycles. The van der Waals surface area contributed by atoms with Gasteiger partial charge in [0.15, 0.2) is 0 Å². The second-order valence-electron chi connectivity index (χ2n) is 3.92. The van der Waals surface area contributed by atoms with Crippen molar-refractivity contribution in [2.45, 2.75) is 20.0 Å².